The third kappa shape index (κ3) is 3.98. The normalized spacial score (nSPS) is 15.6. The van der Waals surface area contributed by atoms with Crippen molar-refractivity contribution >= 4 is 5.91 Å². The summed E-state index contributed by atoms with van der Waals surface area (Å²) < 4.78 is 16.5. The molecule has 1 amide bonds. The zero-order valence-electron chi connectivity index (χ0n) is 13.7. The van der Waals surface area contributed by atoms with Crippen molar-refractivity contribution in [2.45, 2.75) is 18.9 Å². The molecular weight excluding hydrogens is 306 g/mol. The van der Waals surface area contributed by atoms with Gasteiger partial charge in [-0.25, -0.2) is 0 Å². The maximum atomic E-state index is 12.2. The predicted molar refractivity (Wildman–Crippen MR) is 90.7 cm³/mol. The van der Waals surface area contributed by atoms with Crippen molar-refractivity contribution in [3.63, 3.8) is 0 Å². The minimum Gasteiger partial charge on any atom is -0.497 e. The Morgan fingerprint density at radius 1 is 1.21 bits per heavy atom. The highest BCUT2D eigenvalue weighted by atomic mass is 16.6. The average Bonchev–Trinajstić information content (AvgIpc) is 2.64. The molecule has 0 fully saturated rings. The summed E-state index contributed by atoms with van der Waals surface area (Å²) in [7, 11) is 1.66. The number of rotatable bonds is 6. The van der Waals surface area contributed by atoms with Gasteiger partial charge in [-0.1, -0.05) is 24.3 Å². The Hall–Kier alpha value is -2.69. The van der Waals surface area contributed by atoms with E-state index < -0.39 is 6.10 Å². The number of nitrogens with one attached hydrogen (secondary N) is 1. The second-order valence-electron chi connectivity index (χ2n) is 5.61. The maximum Gasteiger partial charge on any atom is 0.264 e. The van der Waals surface area contributed by atoms with E-state index in [4.69, 9.17) is 14.2 Å². The van der Waals surface area contributed by atoms with Crippen LogP contribution in [-0.2, 0) is 11.2 Å². The Labute approximate surface area is 141 Å². The van der Waals surface area contributed by atoms with Gasteiger partial charge in [-0.15, -0.1) is 0 Å². The smallest absolute Gasteiger partial charge is 0.264 e. The summed E-state index contributed by atoms with van der Waals surface area (Å²) in [6.45, 7) is 0.830. The predicted octanol–water partition coefficient (Wildman–Crippen LogP) is 2.58. The Bertz CT molecular complexity index is 701. The molecule has 5 nitrogen and oxygen atoms in total. The molecular formula is C19H21NO4. The van der Waals surface area contributed by atoms with E-state index in [1.165, 1.54) is 5.56 Å². The molecule has 0 saturated carbocycles. The second kappa shape index (κ2) is 7.73. The minimum absolute atomic E-state index is 0.143. The number of carbonyl (C=O) groups is 1. The minimum atomic E-state index is -0.600. The lowest BCUT2D eigenvalue weighted by atomic mass is 10.1. The molecule has 0 radical (unpaired) electrons. The number of hydrogen-bond donors (Lipinski definition) is 1. The number of hydrogen-bond acceptors (Lipinski definition) is 4. The maximum absolute atomic E-state index is 12.2. The molecule has 2 aromatic carbocycles. The van der Waals surface area contributed by atoms with Crippen LogP contribution >= 0.6 is 0 Å². The van der Waals surface area contributed by atoms with Crippen LogP contribution in [0.1, 0.15) is 12.0 Å². The van der Waals surface area contributed by atoms with Crippen LogP contribution in [0.25, 0.3) is 0 Å². The van der Waals surface area contributed by atoms with Crippen molar-refractivity contribution in [3.8, 4) is 17.2 Å². The number of carbonyl (C=O) groups excluding carboxylic acids is 1. The number of ether oxygens (including phenoxy) is 3. The molecule has 2 aromatic rings. The fraction of sp³-hybridized carbons (Fsp3) is 0.316. The molecule has 126 valence electrons. The fourth-order valence-corrected chi connectivity index (χ4v) is 2.59. The first-order valence-electron chi connectivity index (χ1n) is 8.05. The molecule has 0 bridgehead atoms. The van der Waals surface area contributed by atoms with Gasteiger partial charge in [0, 0.05) is 6.54 Å². The van der Waals surface area contributed by atoms with E-state index in [9.17, 15) is 4.79 Å². The van der Waals surface area contributed by atoms with Gasteiger partial charge in [0.15, 0.2) is 11.5 Å². The summed E-state index contributed by atoms with van der Waals surface area (Å²) in [5.74, 6) is 2.00. The average molecular weight is 327 g/mol. The Morgan fingerprint density at radius 3 is 2.88 bits per heavy atom. The topological polar surface area (TPSA) is 56.8 Å². The highest BCUT2D eigenvalue weighted by Gasteiger charge is 2.26. The van der Waals surface area contributed by atoms with Crippen molar-refractivity contribution in [3.05, 3.63) is 54.1 Å². The fourth-order valence-electron chi connectivity index (χ4n) is 2.59. The number of aryl methyl sites for hydroxylation is 1. The van der Waals surface area contributed by atoms with Crippen molar-refractivity contribution < 1.29 is 19.0 Å². The summed E-state index contributed by atoms with van der Waals surface area (Å²) in [6.07, 6.45) is 1.13. The molecule has 0 aliphatic carbocycles. The van der Waals surface area contributed by atoms with Gasteiger partial charge in [0.2, 0.25) is 6.10 Å². The summed E-state index contributed by atoms with van der Waals surface area (Å²) >= 11 is 0. The van der Waals surface area contributed by atoms with E-state index in [0.29, 0.717) is 18.0 Å². The SMILES string of the molecule is COc1cccc(CCCNC(=O)[C@@H]2COc3ccccc3O2)c1. The zero-order chi connectivity index (χ0) is 16.8. The van der Waals surface area contributed by atoms with Crippen molar-refractivity contribution in [2.24, 2.45) is 0 Å². The molecule has 0 spiro atoms. The molecule has 1 atom stereocenters. The first-order chi connectivity index (χ1) is 11.8. The van der Waals surface area contributed by atoms with Gasteiger partial charge < -0.3 is 19.5 Å². The van der Waals surface area contributed by atoms with Gasteiger partial charge >= 0.3 is 0 Å². The van der Waals surface area contributed by atoms with E-state index in [2.05, 4.69) is 11.4 Å². The number of fused-ring (bicyclic) bond motifs is 1. The van der Waals surface area contributed by atoms with E-state index in [0.717, 1.165) is 18.6 Å². The molecule has 1 N–H and O–H groups in total. The summed E-state index contributed by atoms with van der Waals surface area (Å²) in [6, 6.07) is 15.3. The van der Waals surface area contributed by atoms with Crippen LogP contribution in [0.3, 0.4) is 0 Å². The molecule has 1 heterocycles. The van der Waals surface area contributed by atoms with Crippen LogP contribution in [-0.4, -0.2) is 32.3 Å². The van der Waals surface area contributed by atoms with Gasteiger partial charge in [0.25, 0.3) is 5.91 Å². The second-order valence-corrected chi connectivity index (χ2v) is 5.61. The van der Waals surface area contributed by atoms with Crippen LogP contribution < -0.4 is 19.5 Å². The third-order valence-corrected chi connectivity index (χ3v) is 3.88. The zero-order valence-corrected chi connectivity index (χ0v) is 13.7. The third-order valence-electron chi connectivity index (χ3n) is 3.88. The summed E-state index contributed by atoms with van der Waals surface area (Å²) in [4.78, 5) is 12.2. The number of amides is 1. The van der Waals surface area contributed by atoms with E-state index >= 15 is 0 Å². The van der Waals surface area contributed by atoms with Crippen molar-refractivity contribution in [2.75, 3.05) is 20.3 Å². The first-order valence-corrected chi connectivity index (χ1v) is 8.05. The standard InChI is InChI=1S/C19H21NO4/c1-22-15-8-4-6-14(12-15)7-5-11-20-19(21)18-13-23-16-9-2-3-10-17(16)24-18/h2-4,6,8-10,12,18H,5,7,11,13H2,1H3,(H,20,21)/t18-/m0/s1. The van der Waals surface area contributed by atoms with Gasteiger partial charge in [0.05, 0.1) is 7.11 Å². The summed E-state index contributed by atoms with van der Waals surface area (Å²) in [5, 5.41) is 2.91. The van der Waals surface area contributed by atoms with E-state index in [1.807, 2.05) is 36.4 Å². The van der Waals surface area contributed by atoms with Crippen LogP contribution in [0, 0.1) is 0 Å². The highest BCUT2D eigenvalue weighted by Crippen LogP contribution is 2.30. The Morgan fingerprint density at radius 2 is 2.04 bits per heavy atom. The van der Waals surface area contributed by atoms with Gasteiger partial charge in [-0.05, 0) is 42.7 Å². The quantitative estimate of drug-likeness (QED) is 0.829. The summed E-state index contributed by atoms with van der Waals surface area (Å²) in [5.41, 5.74) is 1.19. The molecule has 0 aromatic heterocycles. The van der Waals surface area contributed by atoms with Crippen LogP contribution in [0.15, 0.2) is 48.5 Å². The van der Waals surface area contributed by atoms with Crippen LogP contribution in [0.5, 0.6) is 17.2 Å². The lowest BCUT2D eigenvalue weighted by molar-refractivity contribution is -0.130. The highest BCUT2D eigenvalue weighted by molar-refractivity contribution is 5.81. The van der Waals surface area contributed by atoms with Gasteiger partial charge in [0.1, 0.15) is 12.4 Å². The largest absolute Gasteiger partial charge is 0.497 e. The monoisotopic (exact) mass is 327 g/mol. The molecule has 1 aliphatic heterocycles. The van der Waals surface area contributed by atoms with Gasteiger partial charge in [-0.3, -0.25) is 4.79 Å². The number of benzene rings is 2. The van der Waals surface area contributed by atoms with Gasteiger partial charge in [-0.2, -0.15) is 0 Å². The lowest BCUT2D eigenvalue weighted by Gasteiger charge is -2.25. The van der Waals surface area contributed by atoms with Crippen molar-refractivity contribution in [1.82, 2.24) is 5.32 Å². The van der Waals surface area contributed by atoms with Crippen LogP contribution in [0.2, 0.25) is 0 Å². The molecule has 1 aliphatic rings. The molecule has 24 heavy (non-hydrogen) atoms. The van der Waals surface area contributed by atoms with Crippen LogP contribution in [0.4, 0.5) is 0 Å². The Kier molecular flexibility index (Phi) is 5.21. The molecule has 0 unspecified atom stereocenters. The first kappa shape index (κ1) is 16.2. The molecule has 5 heteroatoms. The number of para-hydroxylation sites is 2. The van der Waals surface area contributed by atoms with E-state index in [1.54, 1.807) is 13.2 Å². The molecule has 0 saturated heterocycles. The Balaban J connectivity index is 1.43. The van der Waals surface area contributed by atoms with Crippen molar-refractivity contribution in [1.29, 1.82) is 0 Å². The number of methoxy groups -OCH3 is 1. The molecule has 3 rings (SSSR count). The van der Waals surface area contributed by atoms with E-state index in [-0.39, 0.29) is 12.5 Å². The lowest BCUT2D eigenvalue weighted by Crippen LogP contribution is -2.44.